The lowest BCUT2D eigenvalue weighted by molar-refractivity contribution is -0.132. The van der Waals surface area contributed by atoms with Crippen molar-refractivity contribution in [3.63, 3.8) is 0 Å². The van der Waals surface area contributed by atoms with E-state index in [1.54, 1.807) is 0 Å². The molecule has 4 aliphatic carbocycles. The lowest BCUT2D eigenvalue weighted by Crippen LogP contribution is -2.54. The van der Waals surface area contributed by atoms with Crippen LogP contribution in [0.15, 0.2) is 84.9 Å². The highest BCUT2D eigenvalue weighted by Gasteiger charge is 2.60. The summed E-state index contributed by atoms with van der Waals surface area (Å²) in [4.78, 5) is 15.2. The van der Waals surface area contributed by atoms with Gasteiger partial charge in [0.1, 0.15) is 12.4 Å². The molecule has 0 spiro atoms. The third-order valence-corrected chi connectivity index (χ3v) is 15.3. The number of amides is 1. The van der Waals surface area contributed by atoms with E-state index in [-0.39, 0.29) is 12.0 Å². The van der Waals surface area contributed by atoms with Gasteiger partial charge in [0.2, 0.25) is 5.91 Å². The zero-order valence-electron chi connectivity index (χ0n) is 33.2. The van der Waals surface area contributed by atoms with Gasteiger partial charge >= 0.3 is 0 Å². The molecule has 0 saturated heterocycles. The molecule has 4 nitrogen and oxygen atoms in total. The lowest BCUT2D eigenvalue weighted by atomic mass is 9.44. The number of aliphatic hydroxyl groups is 1. The second-order valence-corrected chi connectivity index (χ2v) is 18.0. The highest BCUT2D eigenvalue weighted by Crippen LogP contribution is 2.68. The van der Waals surface area contributed by atoms with Crippen LogP contribution in [0.4, 0.5) is 0 Å². The summed E-state index contributed by atoms with van der Waals surface area (Å²) in [5.41, 5.74) is 7.06. The van der Waals surface area contributed by atoms with Gasteiger partial charge in [0.05, 0.1) is 12.6 Å². The largest absolute Gasteiger partial charge is 0.492 e. The zero-order chi connectivity index (χ0) is 37.2. The molecule has 0 heterocycles. The summed E-state index contributed by atoms with van der Waals surface area (Å²) in [6, 6.07) is 29.8. The number of fused-ring (bicyclic) bond motifs is 5. The Labute approximate surface area is 320 Å². The minimum Gasteiger partial charge on any atom is -0.492 e. The van der Waals surface area contributed by atoms with Gasteiger partial charge in [0.15, 0.2) is 0 Å². The Morgan fingerprint density at radius 3 is 2.15 bits per heavy atom. The summed E-state index contributed by atoms with van der Waals surface area (Å²) in [7, 11) is 1.93. The fourth-order valence-electron chi connectivity index (χ4n) is 12.4. The highest BCUT2D eigenvalue weighted by atomic mass is 16.5. The molecule has 7 rings (SSSR count). The first-order valence-electron chi connectivity index (χ1n) is 21.1. The van der Waals surface area contributed by atoms with Crippen LogP contribution in [0.5, 0.6) is 5.75 Å². The van der Waals surface area contributed by atoms with Crippen molar-refractivity contribution in [2.75, 3.05) is 20.2 Å². The SMILES string of the molecule is CC/C(=C(\c1ccccc1)c1ccc(OCCN(C)C(=O)CC[C@@H](C)[C@H]2CC[C@H]3[C@@H]4CC[C@@H]5C[C@H](O)CC[C@]5(C)[C@H]4CC[C@]23C)cc1)c1ccccc1. The molecule has 1 N–H and O–H groups in total. The third kappa shape index (κ3) is 7.64. The predicted octanol–water partition coefficient (Wildman–Crippen LogP) is 11.3. The van der Waals surface area contributed by atoms with Crippen LogP contribution in [0.25, 0.3) is 11.1 Å². The number of hydrogen-bond acceptors (Lipinski definition) is 3. The number of aliphatic hydroxyl groups excluding tert-OH is 1. The van der Waals surface area contributed by atoms with Crippen LogP contribution in [-0.2, 0) is 4.79 Å². The molecule has 4 fully saturated rings. The van der Waals surface area contributed by atoms with Crippen molar-refractivity contribution in [2.45, 2.75) is 111 Å². The zero-order valence-corrected chi connectivity index (χ0v) is 33.2. The second-order valence-electron chi connectivity index (χ2n) is 18.0. The molecule has 53 heavy (non-hydrogen) atoms. The smallest absolute Gasteiger partial charge is 0.222 e. The molecule has 3 aromatic carbocycles. The van der Waals surface area contributed by atoms with Crippen LogP contribution in [0, 0.1) is 46.3 Å². The van der Waals surface area contributed by atoms with E-state index in [0.717, 1.165) is 61.0 Å². The molecule has 0 unspecified atom stereocenters. The summed E-state index contributed by atoms with van der Waals surface area (Å²) >= 11 is 0. The van der Waals surface area contributed by atoms with Crippen LogP contribution >= 0.6 is 0 Å². The minimum absolute atomic E-state index is 0.0707. The molecule has 1 amide bonds. The van der Waals surface area contributed by atoms with Gasteiger partial charge in [-0.15, -0.1) is 0 Å². The first kappa shape index (κ1) is 37.9. The van der Waals surface area contributed by atoms with Crippen LogP contribution in [0.2, 0.25) is 0 Å². The molecule has 284 valence electrons. The van der Waals surface area contributed by atoms with E-state index in [4.69, 9.17) is 4.74 Å². The number of carbonyl (C=O) groups excluding carboxylic acids is 1. The minimum atomic E-state index is -0.0707. The van der Waals surface area contributed by atoms with Gasteiger partial charge in [0, 0.05) is 13.5 Å². The Morgan fingerprint density at radius 2 is 1.45 bits per heavy atom. The van der Waals surface area contributed by atoms with Gasteiger partial charge < -0.3 is 14.7 Å². The average Bonchev–Trinajstić information content (AvgIpc) is 3.54. The number of benzene rings is 3. The van der Waals surface area contributed by atoms with Crippen LogP contribution in [-0.4, -0.2) is 42.2 Å². The fourth-order valence-corrected chi connectivity index (χ4v) is 12.4. The summed E-state index contributed by atoms with van der Waals surface area (Å²) < 4.78 is 6.18. The normalized spacial score (nSPS) is 31.7. The Balaban J connectivity index is 0.908. The molecule has 3 aromatic rings. The predicted molar refractivity (Wildman–Crippen MR) is 218 cm³/mol. The Hall–Kier alpha value is -3.37. The van der Waals surface area contributed by atoms with Crippen molar-refractivity contribution in [3.8, 4) is 5.75 Å². The molecular formula is C49H65NO3. The number of nitrogens with zero attached hydrogens (tertiary/aromatic N) is 1. The Kier molecular flexibility index (Phi) is 11.6. The van der Waals surface area contributed by atoms with Crippen molar-refractivity contribution in [3.05, 3.63) is 102 Å². The van der Waals surface area contributed by atoms with Crippen molar-refractivity contribution in [1.82, 2.24) is 4.90 Å². The monoisotopic (exact) mass is 715 g/mol. The van der Waals surface area contributed by atoms with Gasteiger partial charge in [-0.2, -0.15) is 0 Å². The van der Waals surface area contributed by atoms with E-state index in [9.17, 15) is 9.90 Å². The number of carbonyl (C=O) groups is 1. The average molecular weight is 716 g/mol. The summed E-state index contributed by atoms with van der Waals surface area (Å²) in [6.45, 7) is 11.0. The van der Waals surface area contributed by atoms with Crippen LogP contribution < -0.4 is 4.74 Å². The molecule has 9 atom stereocenters. The third-order valence-electron chi connectivity index (χ3n) is 15.3. The van der Waals surface area contributed by atoms with E-state index in [2.05, 4.69) is 113 Å². The number of ether oxygens (including phenoxy) is 1. The van der Waals surface area contributed by atoms with E-state index in [0.29, 0.717) is 36.3 Å². The maximum Gasteiger partial charge on any atom is 0.222 e. The lowest BCUT2D eigenvalue weighted by Gasteiger charge is -2.61. The van der Waals surface area contributed by atoms with Gasteiger partial charge in [-0.1, -0.05) is 100 Å². The molecule has 0 aromatic heterocycles. The fraction of sp³-hybridized carbons (Fsp3) is 0.571. The van der Waals surface area contributed by atoms with Gasteiger partial charge in [-0.25, -0.2) is 0 Å². The number of likely N-dealkylation sites (N-methyl/N-ethyl adjacent to an activating group) is 1. The van der Waals surface area contributed by atoms with E-state index < -0.39 is 0 Å². The maximum atomic E-state index is 13.4. The molecule has 0 radical (unpaired) electrons. The van der Waals surface area contributed by atoms with Crippen LogP contribution in [0.1, 0.15) is 121 Å². The molecule has 0 bridgehead atoms. The summed E-state index contributed by atoms with van der Waals surface area (Å²) in [6.07, 6.45) is 13.8. The van der Waals surface area contributed by atoms with Crippen molar-refractivity contribution in [2.24, 2.45) is 46.3 Å². The highest BCUT2D eigenvalue weighted by molar-refractivity contribution is 5.98. The molecule has 0 aliphatic heterocycles. The van der Waals surface area contributed by atoms with Crippen molar-refractivity contribution in [1.29, 1.82) is 0 Å². The van der Waals surface area contributed by atoms with Crippen molar-refractivity contribution >= 4 is 17.1 Å². The molecule has 4 aliphatic rings. The van der Waals surface area contributed by atoms with Gasteiger partial charge in [-0.05, 0) is 157 Å². The van der Waals surface area contributed by atoms with E-state index in [1.165, 1.54) is 72.8 Å². The number of allylic oxidation sites excluding steroid dienone is 1. The van der Waals surface area contributed by atoms with E-state index in [1.807, 2.05) is 11.9 Å². The first-order chi connectivity index (χ1) is 25.6. The number of rotatable bonds is 12. The standard InChI is InChI=1S/C49H65NO3/c1-6-41(35-13-9-7-10-14-35)47(36-15-11-8-12-16-36)37-18-21-40(22-19-37)53-32-31-50(5)46(52)26-17-34(2)43-24-25-44-42-23-20-38-33-39(51)27-29-48(38,3)45(42)28-30-49(43,44)4/h7-16,18-19,21-22,34,38-39,42-45,51H,6,17,20,23-33H2,1-5H3/b47-41-/t34-,38-,39-,42+,43-,44+,45+,48+,49-/m1/s1. The van der Waals surface area contributed by atoms with Crippen molar-refractivity contribution < 1.29 is 14.6 Å². The summed E-state index contributed by atoms with van der Waals surface area (Å²) in [5, 5.41) is 10.4. The topological polar surface area (TPSA) is 49.8 Å². The van der Waals surface area contributed by atoms with Gasteiger partial charge in [0.25, 0.3) is 0 Å². The quantitative estimate of drug-likeness (QED) is 0.190. The molecule has 4 heteroatoms. The first-order valence-corrected chi connectivity index (χ1v) is 21.1. The summed E-state index contributed by atoms with van der Waals surface area (Å²) in [5.74, 6) is 5.60. The second kappa shape index (κ2) is 16.2. The van der Waals surface area contributed by atoms with Gasteiger partial charge in [-0.3, -0.25) is 4.79 Å². The molecule has 4 saturated carbocycles. The van der Waals surface area contributed by atoms with E-state index >= 15 is 0 Å². The Bertz CT molecular complexity index is 1700. The van der Waals surface area contributed by atoms with Crippen LogP contribution in [0.3, 0.4) is 0 Å². The number of hydrogen-bond donors (Lipinski definition) is 1. The molecular weight excluding hydrogens is 651 g/mol. The maximum absolute atomic E-state index is 13.4. The Morgan fingerprint density at radius 1 is 0.811 bits per heavy atom.